The third kappa shape index (κ3) is 2.50. The van der Waals surface area contributed by atoms with Crippen LogP contribution >= 0.6 is 0 Å². The Bertz CT molecular complexity index is 516. The number of hydrogen-bond donors (Lipinski definition) is 0. The Balaban J connectivity index is 1.81. The van der Waals surface area contributed by atoms with Gasteiger partial charge in [-0.05, 0) is 38.7 Å². The molecule has 3 rings (SSSR count). The molecule has 0 aliphatic carbocycles. The van der Waals surface area contributed by atoms with E-state index in [2.05, 4.69) is 52.0 Å². The van der Waals surface area contributed by atoms with Gasteiger partial charge in [-0.3, -0.25) is 0 Å². The van der Waals surface area contributed by atoms with Gasteiger partial charge in [0.25, 0.3) is 0 Å². The molecule has 5 heteroatoms. The second-order valence-electron chi connectivity index (χ2n) is 7.21. The summed E-state index contributed by atoms with van der Waals surface area (Å²) in [5.41, 5.74) is 1.24. The van der Waals surface area contributed by atoms with Crippen LogP contribution < -0.4 is 5.46 Å². The van der Waals surface area contributed by atoms with Crippen molar-refractivity contribution < 1.29 is 18.8 Å². The fourth-order valence-corrected chi connectivity index (χ4v) is 2.98. The molecule has 0 unspecified atom stereocenters. The Morgan fingerprint density at radius 2 is 1.59 bits per heavy atom. The summed E-state index contributed by atoms with van der Waals surface area (Å²) in [5, 5.41) is 0. The summed E-state index contributed by atoms with van der Waals surface area (Å²) < 4.78 is 23.4. The average molecular weight is 304 g/mol. The van der Waals surface area contributed by atoms with Crippen molar-refractivity contribution in [2.75, 3.05) is 20.3 Å². The lowest BCUT2D eigenvalue weighted by molar-refractivity contribution is -0.0213. The minimum absolute atomic E-state index is 0.311. The van der Waals surface area contributed by atoms with Gasteiger partial charge in [-0.25, -0.2) is 0 Å². The molecule has 120 valence electrons. The number of ether oxygens (including phenoxy) is 2. The summed E-state index contributed by atoms with van der Waals surface area (Å²) in [6.07, 6.45) is 0.888. The van der Waals surface area contributed by atoms with E-state index in [0.29, 0.717) is 6.61 Å². The minimum atomic E-state index is -0.322. The second kappa shape index (κ2) is 5.34. The third-order valence-corrected chi connectivity index (χ3v) is 5.34. The van der Waals surface area contributed by atoms with Gasteiger partial charge in [-0.1, -0.05) is 24.3 Å². The summed E-state index contributed by atoms with van der Waals surface area (Å²) in [6.45, 7) is 9.62. The highest BCUT2D eigenvalue weighted by Gasteiger charge is 2.51. The van der Waals surface area contributed by atoms with Gasteiger partial charge in [0.1, 0.15) is 5.60 Å². The molecule has 1 aromatic rings. The van der Waals surface area contributed by atoms with E-state index < -0.39 is 0 Å². The van der Waals surface area contributed by atoms with Crippen LogP contribution in [-0.2, 0) is 24.4 Å². The van der Waals surface area contributed by atoms with Crippen LogP contribution in [0.1, 0.15) is 39.7 Å². The Hall–Kier alpha value is -0.875. The smallest absolute Gasteiger partial charge is 0.399 e. The van der Waals surface area contributed by atoms with Gasteiger partial charge >= 0.3 is 7.12 Å². The van der Waals surface area contributed by atoms with Crippen LogP contribution in [-0.4, -0.2) is 38.6 Å². The highest BCUT2D eigenvalue weighted by Crippen LogP contribution is 2.37. The van der Waals surface area contributed by atoms with Crippen molar-refractivity contribution in [3.05, 3.63) is 29.8 Å². The molecule has 0 amide bonds. The van der Waals surface area contributed by atoms with Gasteiger partial charge in [0, 0.05) is 20.1 Å². The van der Waals surface area contributed by atoms with Crippen LogP contribution in [0.4, 0.5) is 0 Å². The summed E-state index contributed by atoms with van der Waals surface area (Å²) in [4.78, 5) is 0. The molecule has 2 aliphatic rings. The zero-order valence-electron chi connectivity index (χ0n) is 14.1. The van der Waals surface area contributed by atoms with Crippen LogP contribution in [0.5, 0.6) is 0 Å². The minimum Gasteiger partial charge on any atom is -0.399 e. The Morgan fingerprint density at radius 1 is 1.00 bits per heavy atom. The topological polar surface area (TPSA) is 36.9 Å². The van der Waals surface area contributed by atoms with Crippen molar-refractivity contribution in [3.63, 3.8) is 0 Å². The number of methoxy groups -OCH3 is 1. The van der Waals surface area contributed by atoms with E-state index in [9.17, 15) is 0 Å². The quantitative estimate of drug-likeness (QED) is 0.803. The fraction of sp³-hybridized carbons (Fsp3) is 0.647. The van der Waals surface area contributed by atoms with Crippen LogP contribution in [0, 0.1) is 0 Å². The molecule has 0 radical (unpaired) electrons. The molecule has 2 saturated heterocycles. The predicted octanol–water partition coefficient (Wildman–Crippen LogP) is 2.25. The van der Waals surface area contributed by atoms with Crippen molar-refractivity contribution >= 4 is 12.6 Å². The maximum absolute atomic E-state index is 6.09. The maximum atomic E-state index is 6.09. The van der Waals surface area contributed by atoms with Crippen molar-refractivity contribution in [1.29, 1.82) is 0 Å². The van der Waals surface area contributed by atoms with Gasteiger partial charge in [0.15, 0.2) is 0 Å². The maximum Gasteiger partial charge on any atom is 0.494 e. The molecule has 0 N–H and O–H groups in total. The molecule has 1 aromatic carbocycles. The SMILES string of the molecule is CO[C@]1(c2ccc(B3OC(C)(C)C(C)(C)O3)cc2)CCOC1. The Labute approximate surface area is 133 Å². The highest BCUT2D eigenvalue weighted by molar-refractivity contribution is 6.62. The second-order valence-corrected chi connectivity index (χ2v) is 7.21. The van der Waals surface area contributed by atoms with Crippen molar-refractivity contribution in [2.45, 2.75) is 50.9 Å². The zero-order valence-corrected chi connectivity index (χ0v) is 14.1. The normalized spacial score (nSPS) is 30.0. The summed E-state index contributed by atoms with van der Waals surface area (Å²) in [6, 6.07) is 8.32. The number of hydrogen-bond acceptors (Lipinski definition) is 4. The van der Waals surface area contributed by atoms with Crippen molar-refractivity contribution in [3.8, 4) is 0 Å². The van der Waals surface area contributed by atoms with E-state index in [1.165, 1.54) is 0 Å². The van der Waals surface area contributed by atoms with E-state index in [1.54, 1.807) is 7.11 Å². The molecule has 4 nitrogen and oxygen atoms in total. The largest absolute Gasteiger partial charge is 0.494 e. The molecule has 22 heavy (non-hydrogen) atoms. The standard InChI is InChI=1S/C17H25BO4/c1-15(2)16(3,4)22-18(21-15)14-8-6-13(7-9-14)17(19-5)10-11-20-12-17/h6-9H,10-12H2,1-5H3/t17-/m1/s1. The first kappa shape index (κ1) is 16.0. The van der Waals surface area contributed by atoms with E-state index in [-0.39, 0.29) is 23.9 Å². The lowest BCUT2D eigenvalue weighted by atomic mass is 9.78. The first-order chi connectivity index (χ1) is 10.3. The van der Waals surface area contributed by atoms with E-state index in [4.69, 9.17) is 18.8 Å². The molecule has 2 fully saturated rings. The van der Waals surface area contributed by atoms with Crippen LogP contribution in [0.3, 0.4) is 0 Å². The number of benzene rings is 1. The molecular weight excluding hydrogens is 279 g/mol. The lowest BCUT2D eigenvalue weighted by Gasteiger charge is -2.32. The monoisotopic (exact) mass is 304 g/mol. The highest BCUT2D eigenvalue weighted by atomic mass is 16.7. The predicted molar refractivity (Wildman–Crippen MR) is 86.3 cm³/mol. The number of rotatable bonds is 3. The van der Waals surface area contributed by atoms with Gasteiger partial charge < -0.3 is 18.8 Å². The van der Waals surface area contributed by atoms with E-state index in [1.807, 2.05) is 0 Å². The van der Waals surface area contributed by atoms with Crippen LogP contribution in [0.15, 0.2) is 24.3 Å². The van der Waals surface area contributed by atoms with Gasteiger partial charge in [-0.15, -0.1) is 0 Å². The molecule has 0 spiro atoms. The molecule has 1 atom stereocenters. The van der Waals surface area contributed by atoms with Gasteiger partial charge in [0.2, 0.25) is 0 Å². The van der Waals surface area contributed by atoms with E-state index in [0.717, 1.165) is 24.1 Å². The molecule has 2 aliphatic heterocycles. The molecule has 2 heterocycles. The molecule has 0 saturated carbocycles. The zero-order chi connectivity index (χ0) is 16.0. The summed E-state index contributed by atoms with van der Waals surface area (Å²) >= 11 is 0. The van der Waals surface area contributed by atoms with Gasteiger partial charge in [-0.2, -0.15) is 0 Å². The molecular formula is C17H25BO4. The summed E-state index contributed by atoms with van der Waals surface area (Å²) in [5.74, 6) is 0. The van der Waals surface area contributed by atoms with Crippen molar-refractivity contribution in [2.24, 2.45) is 0 Å². The molecule has 0 bridgehead atoms. The Morgan fingerprint density at radius 3 is 2.05 bits per heavy atom. The lowest BCUT2D eigenvalue weighted by Crippen LogP contribution is -2.41. The average Bonchev–Trinajstić information content (AvgIpc) is 3.03. The Kier molecular flexibility index (Phi) is 3.88. The fourth-order valence-electron chi connectivity index (χ4n) is 2.98. The first-order valence-electron chi connectivity index (χ1n) is 7.89. The third-order valence-electron chi connectivity index (χ3n) is 5.34. The van der Waals surface area contributed by atoms with Crippen molar-refractivity contribution in [1.82, 2.24) is 0 Å². The first-order valence-corrected chi connectivity index (χ1v) is 7.89. The molecule has 0 aromatic heterocycles. The summed E-state index contributed by atoms with van der Waals surface area (Å²) in [7, 11) is 1.42. The van der Waals surface area contributed by atoms with Gasteiger partial charge in [0.05, 0.1) is 17.8 Å². The van der Waals surface area contributed by atoms with Crippen LogP contribution in [0.25, 0.3) is 0 Å². The van der Waals surface area contributed by atoms with E-state index >= 15 is 0 Å². The van der Waals surface area contributed by atoms with Crippen LogP contribution in [0.2, 0.25) is 0 Å².